The Kier molecular flexibility index (Phi) is 8.98. The van der Waals surface area contributed by atoms with E-state index in [0.717, 1.165) is 36.0 Å². The Bertz CT molecular complexity index is 1020. The van der Waals surface area contributed by atoms with E-state index in [9.17, 15) is 14.7 Å². The van der Waals surface area contributed by atoms with Crippen LogP contribution >= 0.6 is 11.8 Å². The Balaban J connectivity index is 1.59. The quantitative estimate of drug-likeness (QED) is 0.315. The van der Waals surface area contributed by atoms with Gasteiger partial charge in [-0.25, -0.2) is 9.78 Å². The van der Waals surface area contributed by atoms with Gasteiger partial charge in [0.1, 0.15) is 6.54 Å². The van der Waals surface area contributed by atoms with Crippen molar-refractivity contribution < 1.29 is 14.7 Å². The summed E-state index contributed by atoms with van der Waals surface area (Å²) >= 11 is 1.53. The number of aromatic nitrogens is 2. The Hall–Kier alpha value is -3.00. The van der Waals surface area contributed by atoms with Gasteiger partial charge in [-0.3, -0.25) is 4.79 Å². The Labute approximate surface area is 192 Å². The fraction of sp³-hybridized carbons (Fsp3) is 0.375. The van der Waals surface area contributed by atoms with E-state index in [4.69, 9.17) is 0 Å². The van der Waals surface area contributed by atoms with Gasteiger partial charge in [0.05, 0.1) is 11.0 Å². The van der Waals surface area contributed by atoms with Crippen LogP contribution in [0.2, 0.25) is 0 Å². The first-order valence-corrected chi connectivity index (χ1v) is 11.9. The first-order chi connectivity index (χ1) is 15.6. The first-order valence-electron chi connectivity index (χ1n) is 10.9. The highest BCUT2D eigenvalue weighted by molar-refractivity contribution is 7.99. The number of carboxylic acid groups (broad SMARTS) is 1. The molecule has 0 spiro atoms. The zero-order chi connectivity index (χ0) is 22.8. The van der Waals surface area contributed by atoms with Crippen molar-refractivity contribution in [2.45, 2.75) is 37.9 Å². The molecule has 0 bridgehead atoms. The van der Waals surface area contributed by atoms with E-state index in [1.54, 1.807) is 4.57 Å². The molecule has 0 atom stereocenters. The largest absolute Gasteiger partial charge is 0.480 e. The number of carbonyl (C=O) groups is 2. The number of hydrogen-bond acceptors (Lipinski definition) is 4. The molecule has 0 saturated carbocycles. The van der Waals surface area contributed by atoms with Crippen LogP contribution in [0.5, 0.6) is 0 Å². The fourth-order valence-corrected chi connectivity index (χ4v) is 4.38. The average Bonchev–Trinajstić information content (AvgIpc) is 3.14. The van der Waals surface area contributed by atoms with E-state index in [1.165, 1.54) is 17.3 Å². The molecule has 0 aliphatic rings. The normalized spacial score (nSPS) is 10.9. The SMILES string of the molecule is CCCNC(=O)N(CCCSc1nc2ccccc2n1CC(=O)O)CCc1ccccc1. The molecule has 0 radical (unpaired) electrons. The molecule has 1 heterocycles. The Morgan fingerprint density at radius 3 is 2.59 bits per heavy atom. The van der Waals surface area contributed by atoms with Crippen molar-refractivity contribution in [3.63, 3.8) is 0 Å². The topological polar surface area (TPSA) is 87.5 Å². The van der Waals surface area contributed by atoms with Gasteiger partial charge in [-0.2, -0.15) is 0 Å². The highest BCUT2D eigenvalue weighted by Crippen LogP contribution is 2.24. The minimum Gasteiger partial charge on any atom is -0.480 e. The second-order valence-corrected chi connectivity index (χ2v) is 8.58. The van der Waals surface area contributed by atoms with Crippen LogP contribution in [0.4, 0.5) is 4.79 Å². The molecule has 2 amide bonds. The van der Waals surface area contributed by atoms with Gasteiger partial charge in [-0.1, -0.05) is 61.2 Å². The standard InChI is InChI=1S/C24H30N4O3S/c1-2-14-25-23(31)27(16-13-19-9-4-3-5-10-19)15-8-17-32-24-26-20-11-6-7-12-21(20)28(24)18-22(29)30/h3-7,9-12H,2,8,13-18H2,1H3,(H,25,31)(H,29,30). The van der Waals surface area contributed by atoms with Crippen LogP contribution < -0.4 is 5.32 Å². The maximum absolute atomic E-state index is 12.6. The number of aliphatic carboxylic acids is 1. The summed E-state index contributed by atoms with van der Waals surface area (Å²) in [7, 11) is 0. The summed E-state index contributed by atoms with van der Waals surface area (Å²) in [5.41, 5.74) is 2.82. The summed E-state index contributed by atoms with van der Waals surface area (Å²) in [6.45, 7) is 3.87. The number of amides is 2. The molecule has 3 rings (SSSR count). The van der Waals surface area contributed by atoms with Crippen molar-refractivity contribution in [2.75, 3.05) is 25.4 Å². The molecule has 0 aliphatic carbocycles. The molecule has 8 heteroatoms. The minimum absolute atomic E-state index is 0.0362. The molecular weight excluding hydrogens is 424 g/mol. The zero-order valence-corrected chi connectivity index (χ0v) is 19.2. The van der Waals surface area contributed by atoms with E-state index < -0.39 is 5.97 Å². The van der Waals surface area contributed by atoms with E-state index in [-0.39, 0.29) is 12.6 Å². The van der Waals surface area contributed by atoms with Gasteiger partial charge >= 0.3 is 12.0 Å². The second-order valence-electron chi connectivity index (χ2n) is 7.52. The number of imidazole rings is 1. The third kappa shape index (κ3) is 6.75. The first kappa shape index (κ1) is 23.7. The second kappa shape index (κ2) is 12.1. The van der Waals surface area contributed by atoms with E-state index >= 15 is 0 Å². The van der Waals surface area contributed by atoms with Crippen molar-refractivity contribution in [1.29, 1.82) is 0 Å². The summed E-state index contributed by atoms with van der Waals surface area (Å²) in [6, 6.07) is 17.7. The fourth-order valence-electron chi connectivity index (χ4n) is 3.44. The van der Waals surface area contributed by atoms with Gasteiger partial charge in [0.25, 0.3) is 0 Å². The smallest absolute Gasteiger partial charge is 0.323 e. The maximum atomic E-state index is 12.6. The number of nitrogens with zero attached hydrogens (tertiary/aromatic N) is 3. The van der Waals surface area contributed by atoms with Crippen LogP contribution in [0.15, 0.2) is 59.8 Å². The predicted molar refractivity (Wildman–Crippen MR) is 128 cm³/mol. The molecule has 32 heavy (non-hydrogen) atoms. The number of rotatable bonds is 12. The van der Waals surface area contributed by atoms with Gasteiger partial charge in [-0.15, -0.1) is 0 Å². The molecule has 0 unspecified atom stereocenters. The van der Waals surface area contributed by atoms with Crippen LogP contribution in [0.3, 0.4) is 0 Å². The van der Waals surface area contributed by atoms with Gasteiger partial charge in [-0.05, 0) is 37.0 Å². The lowest BCUT2D eigenvalue weighted by atomic mass is 10.1. The number of para-hydroxylation sites is 2. The molecule has 170 valence electrons. The molecule has 0 fully saturated rings. The van der Waals surface area contributed by atoms with Crippen molar-refractivity contribution in [1.82, 2.24) is 19.8 Å². The Morgan fingerprint density at radius 2 is 1.84 bits per heavy atom. The number of fused-ring (bicyclic) bond motifs is 1. The van der Waals surface area contributed by atoms with Crippen LogP contribution in [-0.2, 0) is 17.8 Å². The van der Waals surface area contributed by atoms with E-state index in [0.29, 0.717) is 24.8 Å². The van der Waals surface area contributed by atoms with E-state index in [2.05, 4.69) is 22.4 Å². The van der Waals surface area contributed by atoms with Crippen molar-refractivity contribution in [3.05, 3.63) is 60.2 Å². The lowest BCUT2D eigenvalue weighted by molar-refractivity contribution is -0.137. The maximum Gasteiger partial charge on any atom is 0.323 e. The van der Waals surface area contributed by atoms with Crippen LogP contribution in [0, 0.1) is 0 Å². The van der Waals surface area contributed by atoms with Crippen LogP contribution in [0.25, 0.3) is 11.0 Å². The summed E-state index contributed by atoms with van der Waals surface area (Å²) in [5.74, 6) is -0.152. The van der Waals surface area contributed by atoms with Crippen molar-refractivity contribution in [3.8, 4) is 0 Å². The summed E-state index contributed by atoms with van der Waals surface area (Å²) in [6.07, 6.45) is 2.49. The van der Waals surface area contributed by atoms with Crippen LogP contribution in [-0.4, -0.2) is 56.9 Å². The molecular formula is C24H30N4O3S. The summed E-state index contributed by atoms with van der Waals surface area (Å²) < 4.78 is 1.74. The summed E-state index contributed by atoms with van der Waals surface area (Å²) in [5, 5.41) is 13.0. The minimum atomic E-state index is -0.894. The third-order valence-electron chi connectivity index (χ3n) is 5.04. The number of hydrogen-bond donors (Lipinski definition) is 2. The van der Waals surface area contributed by atoms with Gasteiger partial charge in [0, 0.05) is 25.4 Å². The number of urea groups is 1. The van der Waals surface area contributed by atoms with Crippen molar-refractivity contribution >= 4 is 34.8 Å². The average molecular weight is 455 g/mol. The lowest BCUT2D eigenvalue weighted by Crippen LogP contribution is -2.42. The van der Waals surface area contributed by atoms with Gasteiger partial charge in [0.2, 0.25) is 0 Å². The van der Waals surface area contributed by atoms with Crippen molar-refractivity contribution in [2.24, 2.45) is 0 Å². The highest BCUT2D eigenvalue weighted by atomic mass is 32.2. The molecule has 1 aromatic heterocycles. The number of nitrogens with one attached hydrogen (secondary N) is 1. The molecule has 3 aromatic rings. The Morgan fingerprint density at radius 1 is 1.09 bits per heavy atom. The predicted octanol–water partition coefficient (Wildman–Crippen LogP) is 4.27. The number of benzene rings is 2. The summed E-state index contributed by atoms with van der Waals surface area (Å²) in [4.78, 5) is 30.4. The zero-order valence-electron chi connectivity index (χ0n) is 18.4. The van der Waals surface area contributed by atoms with Gasteiger partial charge < -0.3 is 19.9 Å². The molecule has 0 aliphatic heterocycles. The van der Waals surface area contributed by atoms with E-state index in [1.807, 2.05) is 54.3 Å². The molecule has 2 N–H and O–H groups in total. The number of carbonyl (C=O) groups excluding carboxylic acids is 1. The molecule has 2 aromatic carbocycles. The number of carboxylic acids is 1. The van der Waals surface area contributed by atoms with Gasteiger partial charge in [0.15, 0.2) is 5.16 Å². The van der Waals surface area contributed by atoms with Crippen LogP contribution in [0.1, 0.15) is 25.3 Å². The monoisotopic (exact) mass is 454 g/mol. The lowest BCUT2D eigenvalue weighted by Gasteiger charge is -2.23. The number of thioether (sulfide) groups is 1. The third-order valence-corrected chi connectivity index (χ3v) is 6.11. The molecule has 7 nitrogen and oxygen atoms in total. The molecule has 0 saturated heterocycles. The highest BCUT2D eigenvalue weighted by Gasteiger charge is 2.15.